The molecule has 0 aromatic heterocycles. The predicted molar refractivity (Wildman–Crippen MR) is 69.0 cm³/mol. The molecule has 2 rings (SSSR count). The van der Waals surface area contributed by atoms with Crippen LogP contribution >= 0.6 is 0 Å². The third-order valence-electron chi connectivity index (χ3n) is 3.50. The summed E-state index contributed by atoms with van der Waals surface area (Å²) < 4.78 is 11.3. The van der Waals surface area contributed by atoms with Crippen molar-refractivity contribution in [2.45, 2.75) is 32.2 Å². The summed E-state index contributed by atoms with van der Waals surface area (Å²) in [5, 5.41) is 3.28. The second kappa shape index (κ2) is 5.41. The van der Waals surface area contributed by atoms with Gasteiger partial charge >= 0.3 is 0 Å². The molecular formula is C14H21NO2. The summed E-state index contributed by atoms with van der Waals surface area (Å²) in [6.07, 6.45) is 0.951. The highest BCUT2D eigenvalue weighted by molar-refractivity contribution is 5.44. The predicted octanol–water partition coefficient (Wildman–Crippen LogP) is 2.56. The third kappa shape index (κ3) is 2.72. The van der Waals surface area contributed by atoms with Crippen LogP contribution in [0.15, 0.2) is 18.2 Å². The fourth-order valence-corrected chi connectivity index (χ4v) is 2.00. The molecule has 0 bridgehead atoms. The van der Waals surface area contributed by atoms with E-state index in [0.29, 0.717) is 12.0 Å². The molecule has 1 N–H and O–H groups in total. The highest BCUT2D eigenvalue weighted by Crippen LogP contribution is 2.33. The second-order valence-corrected chi connectivity index (χ2v) is 4.62. The first kappa shape index (κ1) is 12.2. The molecule has 0 spiro atoms. The Hall–Kier alpha value is -1.22. The van der Waals surface area contributed by atoms with E-state index in [1.165, 1.54) is 5.56 Å². The molecular weight excluding hydrogens is 214 g/mol. The van der Waals surface area contributed by atoms with Crippen molar-refractivity contribution in [3.63, 3.8) is 0 Å². The van der Waals surface area contributed by atoms with E-state index in [4.69, 9.17) is 9.47 Å². The maximum absolute atomic E-state index is 5.71. The van der Waals surface area contributed by atoms with Crippen LogP contribution < -0.4 is 14.8 Å². The lowest BCUT2D eigenvalue weighted by Crippen LogP contribution is -2.27. The maximum atomic E-state index is 5.71. The van der Waals surface area contributed by atoms with Gasteiger partial charge in [0.15, 0.2) is 11.5 Å². The van der Waals surface area contributed by atoms with Gasteiger partial charge in [0.2, 0.25) is 0 Å². The highest BCUT2D eigenvalue weighted by Gasteiger charge is 2.16. The largest absolute Gasteiger partial charge is 0.490 e. The number of rotatable bonds is 3. The third-order valence-corrected chi connectivity index (χ3v) is 3.50. The number of likely N-dealkylation sites (N-methyl/N-ethyl adjacent to an activating group) is 1. The molecule has 1 aromatic carbocycles. The molecule has 1 aliphatic rings. The molecule has 0 fully saturated rings. The zero-order valence-corrected chi connectivity index (χ0v) is 10.8. The number of benzene rings is 1. The topological polar surface area (TPSA) is 30.5 Å². The molecule has 1 aliphatic heterocycles. The number of ether oxygens (including phenoxy) is 2. The van der Waals surface area contributed by atoms with Gasteiger partial charge in [0.1, 0.15) is 0 Å². The first-order valence-corrected chi connectivity index (χ1v) is 6.29. The maximum Gasteiger partial charge on any atom is 0.161 e. The quantitative estimate of drug-likeness (QED) is 0.873. The molecule has 0 aliphatic carbocycles. The minimum absolute atomic E-state index is 0.444. The molecule has 0 radical (unpaired) electrons. The Labute approximate surface area is 103 Å². The van der Waals surface area contributed by atoms with Crippen LogP contribution in [0.2, 0.25) is 0 Å². The van der Waals surface area contributed by atoms with Gasteiger partial charge in [-0.3, -0.25) is 0 Å². The molecule has 1 aromatic rings. The zero-order valence-electron chi connectivity index (χ0n) is 10.8. The van der Waals surface area contributed by atoms with E-state index >= 15 is 0 Å². The van der Waals surface area contributed by atoms with Crippen LogP contribution in [-0.4, -0.2) is 26.3 Å². The summed E-state index contributed by atoms with van der Waals surface area (Å²) in [5.41, 5.74) is 1.29. The van der Waals surface area contributed by atoms with E-state index in [1.807, 2.05) is 13.1 Å². The van der Waals surface area contributed by atoms with Crippen LogP contribution in [0.5, 0.6) is 11.5 Å². The monoisotopic (exact) mass is 235 g/mol. The lowest BCUT2D eigenvalue weighted by atomic mass is 9.94. The smallest absolute Gasteiger partial charge is 0.161 e. The molecule has 94 valence electrons. The normalized spacial score (nSPS) is 18.3. The first-order valence-electron chi connectivity index (χ1n) is 6.29. The van der Waals surface area contributed by atoms with Gasteiger partial charge < -0.3 is 14.8 Å². The summed E-state index contributed by atoms with van der Waals surface area (Å²) in [6, 6.07) is 6.71. The van der Waals surface area contributed by atoms with Crippen molar-refractivity contribution in [2.24, 2.45) is 0 Å². The Morgan fingerprint density at radius 2 is 1.82 bits per heavy atom. The zero-order chi connectivity index (χ0) is 12.3. The number of hydrogen-bond donors (Lipinski definition) is 1. The number of fused-ring (bicyclic) bond motifs is 1. The van der Waals surface area contributed by atoms with E-state index in [0.717, 1.165) is 31.1 Å². The van der Waals surface area contributed by atoms with Crippen LogP contribution in [-0.2, 0) is 0 Å². The van der Waals surface area contributed by atoms with E-state index < -0.39 is 0 Å². The Bertz CT molecular complexity index is 378. The van der Waals surface area contributed by atoms with Crippen molar-refractivity contribution >= 4 is 0 Å². The standard InChI is InChI=1S/C14H21NO2/c1-10(11(2)15-3)12-5-6-13-14(9-12)17-8-4-7-16-13/h5-6,9-11,15H,4,7-8H2,1-3H3. The lowest BCUT2D eigenvalue weighted by Gasteiger charge is -2.20. The van der Waals surface area contributed by atoms with Gasteiger partial charge in [0, 0.05) is 12.5 Å². The molecule has 0 saturated carbocycles. The lowest BCUT2D eigenvalue weighted by molar-refractivity contribution is 0.297. The summed E-state index contributed by atoms with van der Waals surface area (Å²) in [5.74, 6) is 2.21. The van der Waals surface area contributed by atoms with Crippen molar-refractivity contribution < 1.29 is 9.47 Å². The fourth-order valence-electron chi connectivity index (χ4n) is 2.00. The average molecular weight is 235 g/mol. The van der Waals surface area contributed by atoms with Gasteiger partial charge in [-0.25, -0.2) is 0 Å². The van der Waals surface area contributed by atoms with Crippen molar-refractivity contribution in [3.8, 4) is 11.5 Å². The van der Waals surface area contributed by atoms with Crippen LogP contribution in [0.25, 0.3) is 0 Å². The molecule has 0 amide bonds. The van der Waals surface area contributed by atoms with Crippen LogP contribution in [0, 0.1) is 0 Å². The van der Waals surface area contributed by atoms with Gasteiger partial charge in [0.25, 0.3) is 0 Å². The Balaban J connectivity index is 2.23. The van der Waals surface area contributed by atoms with Gasteiger partial charge in [-0.2, -0.15) is 0 Å². The van der Waals surface area contributed by atoms with E-state index in [1.54, 1.807) is 0 Å². The highest BCUT2D eigenvalue weighted by atomic mass is 16.5. The van der Waals surface area contributed by atoms with Crippen molar-refractivity contribution in [1.82, 2.24) is 5.32 Å². The summed E-state index contributed by atoms with van der Waals surface area (Å²) in [7, 11) is 1.99. The van der Waals surface area contributed by atoms with Gasteiger partial charge in [-0.1, -0.05) is 13.0 Å². The number of hydrogen-bond acceptors (Lipinski definition) is 3. The SMILES string of the molecule is CNC(C)C(C)c1ccc2c(c1)OCCCO2. The minimum Gasteiger partial charge on any atom is -0.490 e. The molecule has 17 heavy (non-hydrogen) atoms. The van der Waals surface area contributed by atoms with Crippen LogP contribution in [0.3, 0.4) is 0 Å². The molecule has 1 heterocycles. The Morgan fingerprint density at radius 1 is 1.12 bits per heavy atom. The van der Waals surface area contributed by atoms with Gasteiger partial charge in [-0.15, -0.1) is 0 Å². The molecule has 2 unspecified atom stereocenters. The van der Waals surface area contributed by atoms with Crippen molar-refractivity contribution in [1.29, 1.82) is 0 Å². The van der Waals surface area contributed by atoms with E-state index in [-0.39, 0.29) is 0 Å². The van der Waals surface area contributed by atoms with E-state index in [2.05, 4.69) is 31.3 Å². The average Bonchev–Trinajstić information content (AvgIpc) is 2.61. The summed E-state index contributed by atoms with van der Waals surface area (Å²) in [4.78, 5) is 0. The molecule has 2 atom stereocenters. The van der Waals surface area contributed by atoms with Crippen molar-refractivity contribution in [2.75, 3.05) is 20.3 Å². The summed E-state index contributed by atoms with van der Waals surface area (Å²) in [6.45, 7) is 5.90. The van der Waals surface area contributed by atoms with Crippen LogP contribution in [0.1, 0.15) is 31.7 Å². The van der Waals surface area contributed by atoms with Gasteiger partial charge in [0.05, 0.1) is 13.2 Å². The second-order valence-electron chi connectivity index (χ2n) is 4.62. The number of nitrogens with one attached hydrogen (secondary N) is 1. The molecule has 0 saturated heterocycles. The molecule has 3 heteroatoms. The fraction of sp³-hybridized carbons (Fsp3) is 0.571. The first-order chi connectivity index (χ1) is 8.22. The van der Waals surface area contributed by atoms with Crippen LogP contribution in [0.4, 0.5) is 0 Å². The van der Waals surface area contributed by atoms with E-state index in [9.17, 15) is 0 Å². The summed E-state index contributed by atoms with van der Waals surface area (Å²) >= 11 is 0. The minimum atomic E-state index is 0.444. The van der Waals surface area contributed by atoms with Gasteiger partial charge in [-0.05, 0) is 37.6 Å². The van der Waals surface area contributed by atoms with Crippen molar-refractivity contribution in [3.05, 3.63) is 23.8 Å². The Kier molecular flexibility index (Phi) is 3.89. The Morgan fingerprint density at radius 3 is 2.53 bits per heavy atom. The molecule has 3 nitrogen and oxygen atoms in total.